The van der Waals surface area contributed by atoms with Crippen LogP contribution in [-0.4, -0.2) is 68.2 Å². The molecule has 1 N–H and O–H groups in total. The van der Waals surface area contributed by atoms with Crippen LogP contribution in [0, 0.1) is 11.3 Å². The summed E-state index contributed by atoms with van der Waals surface area (Å²) in [5.41, 5.74) is -0.0962. The smallest absolute Gasteiger partial charge is 0.466 e. The van der Waals surface area contributed by atoms with Gasteiger partial charge in [0.15, 0.2) is 0 Å². The van der Waals surface area contributed by atoms with Crippen molar-refractivity contribution in [1.82, 2.24) is 4.90 Å². The summed E-state index contributed by atoms with van der Waals surface area (Å²) in [4.78, 5) is 26.8. The molecule has 0 saturated heterocycles. The molecule has 51 heavy (non-hydrogen) atoms. The van der Waals surface area contributed by atoms with Crippen LogP contribution >= 0.6 is 0 Å². The monoisotopic (exact) mass is 726 g/mol. The van der Waals surface area contributed by atoms with Crippen molar-refractivity contribution in [2.75, 3.05) is 46.1 Å². The predicted octanol–water partition coefficient (Wildman–Crippen LogP) is 12.6. The standard InChI is InChI=1S/C44H87NO6/c1-6-9-12-15-16-20-25-32-42(47)49-38-29-22-17-21-27-34-45(36-37-46)35-28-26-33-44(4,5)40-51-43(48)50-39-41(30-23-18-13-10-7-2)31-24-19-14-11-8-3/h41,46H,6-40H2,1-5H3. The van der Waals surface area contributed by atoms with E-state index in [4.69, 9.17) is 14.2 Å². The van der Waals surface area contributed by atoms with E-state index in [1.807, 2.05) is 0 Å². The van der Waals surface area contributed by atoms with Gasteiger partial charge in [0.25, 0.3) is 0 Å². The van der Waals surface area contributed by atoms with E-state index in [-0.39, 0.29) is 18.0 Å². The van der Waals surface area contributed by atoms with Crippen LogP contribution in [-0.2, 0) is 19.0 Å². The Morgan fingerprint density at radius 2 is 1.06 bits per heavy atom. The lowest BCUT2D eigenvalue weighted by molar-refractivity contribution is -0.143. The minimum Gasteiger partial charge on any atom is -0.466 e. The lowest BCUT2D eigenvalue weighted by Crippen LogP contribution is -2.29. The number of aliphatic hydroxyl groups excluding tert-OH is 1. The summed E-state index contributed by atoms with van der Waals surface area (Å²) in [7, 11) is 0. The molecule has 0 aliphatic rings. The van der Waals surface area contributed by atoms with Crippen LogP contribution in [0.15, 0.2) is 0 Å². The Kier molecular flexibility index (Phi) is 36.0. The van der Waals surface area contributed by atoms with Gasteiger partial charge in [-0.3, -0.25) is 4.79 Å². The number of carbonyl (C=O) groups is 2. The predicted molar refractivity (Wildman–Crippen MR) is 215 cm³/mol. The number of unbranched alkanes of at least 4 members (excludes halogenated alkanes) is 19. The van der Waals surface area contributed by atoms with E-state index in [0.717, 1.165) is 90.1 Å². The third-order valence-corrected chi connectivity index (χ3v) is 10.3. The van der Waals surface area contributed by atoms with E-state index < -0.39 is 6.16 Å². The zero-order valence-electron chi connectivity index (χ0n) is 34.8. The first-order chi connectivity index (χ1) is 24.8. The van der Waals surface area contributed by atoms with E-state index in [1.54, 1.807) is 0 Å². The van der Waals surface area contributed by atoms with Crippen molar-refractivity contribution < 1.29 is 28.9 Å². The molecule has 304 valence electrons. The molecular weight excluding hydrogens is 638 g/mol. The molecule has 0 heterocycles. The zero-order chi connectivity index (χ0) is 37.7. The molecule has 0 aromatic rings. The van der Waals surface area contributed by atoms with Crippen molar-refractivity contribution in [2.45, 2.75) is 214 Å². The van der Waals surface area contributed by atoms with E-state index in [1.165, 1.54) is 96.3 Å². The number of esters is 1. The maximum absolute atomic E-state index is 12.5. The van der Waals surface area contributed by atoms with Gasteiger partial charge >= 0.3 is 12.1 Å². The maximum Gasteiger partial charge on any atom is 0.508 e. The number of hydrogen-bond donors (Lipinski definition) is 1. The van der Waals surface area contributed by atoms with Gasteiger partial charge in [-0.15, -0.1) is 0 Å². The lowest BCUT2D eigenvalue weighted by atomic mass is 9.88. The van der Waals surface area contributed by atoms with Gasteiger partial charge in [-0.25, -0.2) is 4.79 Å². The summed E-state index contributed by atoms with van der Waals surface area (Å²) in [5, 5.41) is 9.58. The number of aliphatic hydroxyl groups is 1. The number of rotatable bonds is 39. The van der Waals surface area contributed by atoms with E-state index in [9.17, 15) is 14.7 Å². The average Bonchev–Trinajstić information content (AvgIpc) is 3.11. The van der Waals surface area contributed by atoms with Gasteiger partial charge in [-0.05, 0) is 69.4 Å². The van der Waals surface area contributed by atoms with Gasteiger partial charge in [0.2, 0.25) is 0 Å². The molecule has 0 aromatic heterocycles. The fraction of sp³-hybridized carbons (Fsp3) is 0.955. The molecule has 0 aromatic carbocycles. The van der Waals surface area contributed by atoms with Gasteiger partial charge < -0.3 is 24.2 Å². The molecule has 0 bridgehead atoms. The third-order valence-electron chi connectivity index (χ3n) is 10.3. The van der Waals surface area contributed by atoms with Crippen LogP contribution < -0.4 is 0 Å². The van der Waals surface area contributed by atoms with Crippen LogP contribution in [0.1, 0.15) is 214 Å². The highest BCUT2D eigenvalue weighted by atomic mass is 16.7. The summed E-state index contributed by atoms with van der Waals surface area (Å²) in [6.07, 6.45) is 32.2. The largest absolute Gasteiger partial charge is 0.508 e. The molecule has 0 amide bonds. The minimum absolute atomic E-state index is 0.0347. The third kappa shape index (κ3) is 35.5. The first kappa shape index (κ1) is 49.7. The quantitative estimate of drug-likeness (QED) is 0.0499. The second kappa shape index (κ2) is 37.0. The summed E-state index contributed by atoms with van der Waals surface area (Å²) in [5.74, 6) is 0.406. The van der Waals surface area contributed by atoms with Crippen molar-refractivity contribution in [3.05, 3.63) is 0 Å². The summed E-state index contributed by atoms with van der Waals surface area (Å²) < 4.78 is 16.7. The molecule has 0 unspecified atom stereocenters. The Morgan fingerprint density at radius 1 is 0.569 bits per heavy atom. The Morgan fingerprint density at radius 3 is 1.63 bits per heavy atom. The van der Waals surface area contributed by atoms with Gasteiger partial charge in [-0.2, -0.15) is 0 Å². The van der Waals surface area contributed by atoms with Crippen LogP contribution in [0.5, 0.6) is 0 Å². The van der Waals surface area contributed by atoms with Crippen molar-refractivity contribution in [2.24, 2.45) is 11.3 Å². The maximum atomic E-state index is 12.5. The highest BCUT2D eigenvalue weighted by molar-refractivity contribution is 5.69. The second-order valence-electron chi connectivity index (χ2n) is 16.2. The SMILES string of the molecule is CCCCCCCCCC(=O)OCCCCCCCN(CCO)CCCCC(C)(C)COC(=O)OCC(CCCCCCC)CCCCCCC. The van der Waals surface area contributed by atoms with Crippen molar-refractivity contribution in [3.8, 4) is 0 Å². The van der Waals surface area contributed by atoms with E-state index >= 15 is 0 Å². The molecule has 0 saturated carbocycles. The first-order valence-corrected chi connectivity index (χ1v) is 22.1. The summed E-state index contributed by atoms with van der Waals surface area (Å²) >= 11 is 0. The summed E-state index contributed by atoms with van der Waals surface area (Å²) in [6.45, 7) is 15.4. The molecular formula is C44H87NO6. The van der Waals surface area contributed by atoms with Gasteiger partial charge in [-0.1, -0.05) is 163 Å². The van der Waals surface area contributed by atoms with Gasteiger partial charge in [0.05, 0.1) is 19.8 Å². The minimum atomic E-state index is -0.515. The zero-order valence-corrected chi connectivity index (χ0v) is 34.8. The first-order valence-electron chi connectivity index (χ1n) is 22.1. The Hall–Kier alpha value is -1.34. The highest BCUT2D eigenvalue weighted by Gasteiger charge is 2.21. The van der Waals surface area contributed by atoms with Crippen molar-refractivity contribution in [1.29, 1.82) is 0 Å². The molecule has 7 heteroatoms. The molecule has 0 fully saturated rings. The number of ether oxygens (including phenoxy) is 3. The van der Waals surface area contributed by atoms with Crippen molar-refractivity contribution >= 4 is 12.1 Å². The normalized spacial score (nSPS) is 11.8. The Balaban J connectivity index is 4.10. The highest BCUT2D eigenvalue weighted by Crippen LogP contribution is 2.25. The Labute approximate surface area is 317 Å². The second-order valence-corrected chi connectivity index (χ2v) is 16.2. The average molecular weight is 726 g/mol. The summed E-state index contributed by atoms with van der Waals surface area (Å²) in [6, 6.07) is 0. The molecule has 0 aliphatic heterocycles. The van der Waals surface area contributed by atoms with Gasteiger partial charge in [0.1, 0.15) is 6.61 Å². The number of hydrogen-bond acceptors (Lipinski definition) is 7. The molecule has 0 rings (SSSR count). The molecule has 0 spiro atoms. The topological polar surface area (TPSA) is 85.3 Å². The van der Waals surface area contributed by atoms with E-state index in [2.05, 4.69) is 39.5 Å². The Bertz CT molecular complexity index is 746. The van der Waals surface area contributed by atoms with Crippen molar-refractivity contribution in [3.63, 3.8) is 0 Å². The molecule has 0 atom stereocenters. The van der Waals surface area contributed by atoms with Crippen LogP contribution in [0.3, 0.4) is 0 Å². The number of carbonyl (C=O) groups excluding carboxylic acids is 2. The molecule has 7 nitrogen and oxygen atoms in total. The molecule has 0 radical (unpaired) electrons. The van der Waals surface area contributed by atoms with E-state index in [0.29, 0.717) is 38.7 Å². The fourth-order valence-corrected chi connectivity index (χ4v) is 6.81. The number of nitrogens with zero attached hydrogens (tertiary/aromatic N) is 1. The van der Waals surface area contributed by atoms with Crippen LogP contribution in [0.25, 0.3) is 0 Å². The molecule has 0 aliphatic carbocycles. The fourth-order valence-electron chi connectivity index (χ4n) is 6.81. The van der Waals surface area contributed by atoms with Crippen LogP contribution in [0.4, 0.5) is 4.79 Å². The van der Waals surface area contributed by atoms with Gasteiger partial charge in [0, 0.05) is 13.0 Å². The lowest BCUT2D eigenvalue weighted by Gasteiger charge is -2.25. The van der Waals surface area contributed by atoms with Crippen LogP contribution in [0.2, 0.25) is 0 Å².